The van der Waals surface area contributed by atoms with Crippen molar-refractivity contribution in [1.82, 2.24) is 24.6 Å². The van der Waals surface area contributed by atoms with E-state index in [1.807, 2.05) is 35.3 Å². The zero-order valence-electron chi connectivity index (χ0n) is 20.8. The molecule has 3 heterocycles. The van der Waals surface area contributed by atoms with E-state index in [0.29, 0.717) is 6.61 Å². The van der Waals surface area contributed by atoms with Crippen molar-refractivity contribution in [1.29, 1.82) is 0 Å². The van der Waals surface area contributed by atoms with Gasteiger partial charge in [0.25, 0.3) is 0 Å². The standard InChI is InChI=1S/C18H25N5O2.2C2HF3O2/c1-21(2)18(24)14-25-13-15-9-22(11-16-5-3-4-7-19-16)12-17-6-8-20-23(17)10-15;2*3-2(4,5)1(6)7/h3-8,15H,9-14H2,1-2H3;2*(H,6,7). The van der Waals surface area contributed by atoms with E-state index in [1.54, 1.807) is 19.0 Å². The number of carbonyl (C=O) groups is 3. The van der Waals surface area contributed by atoms with Gasteiger partial charge in [-0.05, 0) is 18.2 Å². The number of aliphatic carboxylic acids is 2. The number of alkyl halides is 6. The number of halogens is 6. The molecule has 1 aliphatic rings. The van der Waals surface area contributed by atoms with Crippen LogP contribution in [0.4, 0.5) is 26.3 Å². The Balaban J connectivity index is 0.000000449. The summed E-state index contributed by atoms with van der Waals surface area (Å²) in [5.41, 5.74) is 2.25. The SMILES string of the molecule is CN(C)C(=O)COCC1CN(Cc2ccccn2)Cc2ccnn2C1.O=C(O)C(F)(F)F.O=C(O)C(F)(F)F. The van der Waals surface area contributed by atoms with Crippen LogP contribution in [0.2, 0.25) is 0 Å². The lowest BCUT2D eigenvalue weighted by atomic mass is 10.1. The first-order chi connectivity index (χ1) is 18.0. The molecule has 0 aromatic carbocycles. The van der Waals surface area contributed by atoms with Gasteiger partial charge in [0.05, 0.1) is 18.0 Å². The van der Waals surface area contributed by atoms with E-state index in [9.17, 15) is 31.1 Å². The predicted molar refractivity (Wildman–Crippen MR) is 121 cm³/mol. The van der Waals surface area contributed by atoms with E-state index in [-0.39, 0.29) is 18.4 Å². The molecule has 218 valence electrons. The zero-order chi connectivity index (χ0) is 29.8. The Labute approximate surface area is 218 Å². The number of likely N-dealkylation sites (N-methyl/N-ethyl adjacent to an activating group) is 1. The monoisotopic (exact) mass is 571 g/mol. The first kappa shape index (κ1) is 33.3. The van der Waals surface area contributed by atoms with Gasteiger partial charge in [-0.1, -0.05) is 6.07 Å². The number of hydrogen-bond acceptors (Lipinski definition) is 7. The lowest BCUT2D eigenvalue weighted by Gasteiger charge is -2.23. The van der Waals surface area contributed by atoms with E-state index >= 15 is 0 Å². The van der Waals surface area contributed by atoms with Gasteiger partial charge in [-0.25, -0.2) is 9.59 Å². The number of carbonyl (C=O) groups excluding carboxylic acids is 1. The molecule has 3 rings (SSSR count). The van der Waals surface area contributed by atoms with E-state index in [4.69, 9.17) is 24.5 Å². The Morgan fingerprint density at radius 1 is 1.00 bits per heavy atom. The molecule has 0 fully saturated rings. The Hall–Kier alpha value is -3.73. The summed E-state index contributed by atoms with van der Waals surface area (Å²) < 4.78 is 71.2. The third-order valence-electron chi connectivity index (χ3n) is 4.81. The third-order valence-corrected chi connectivity index (χ3v) is 4.81. The second-order valence-corrected chi connectivity index (χ2v) is 8.27. The number of carboxylic acids is 2. The summed E-state index contributed by atoms with van der Waals surface area (Å²) in [7, 11) is 3.48. The van der Waals surface area contributed by atoms with Crippen LogP contribution in [0, 0.1) is 5.92 Å². The van der Waals surface area contributed by atoms with Gasteiger partial charge in [-0.15, -0.1) is 0 Å². The number of hydrogen-bond donors (Lipinski definition) is 2. The van der Waals surface area contributed by atoms with Crippen LogP contribution in [-0.2, 0) is 38.8 Å². The molecule has 2 N–H and O–H groups in total. The van der Waals surface area contributed by atoms with Gasteiger partial charge < -0.3 is 19.8 Å². The minimum absolute atomic E-state index is 0.0151. The summed E-state index contributed by atoms with van der Waals surface area (Å²) in [6.07, 6.45) is -6.50. The van der Waals surface area contributed by atoms with Crippen LogP contribution in [0.15, 0.2) is 36.7 Å². The highest BCUT2D eigenvalue weighted by molar-refractivity contribution is 5.76. The van der Waals surface area contributed by atoms with E-state index in [1.165, 1.54) is 5.69 Å². The van der Waals surface area contributed by atoms with Crippen molar-refractivity contribution >= 4 is 17.8 Å². The fourth-order valence-corrected chi connectivity index (χ4v) is 3.01. The molecule has 0 radical (unpaired) electrons. The maximum atomic E-state index is 11.7. The average molecular weight is 571 g/mol. The molecular formula is C22H27F6N5O6. The number of carboxylic acid groups (broad SMARTS) is 2. The molecule has 11 nitrogen and oxygen atoms in total. The number of rotatable bonds is 6. The van der Waals surface area contributed by atoms with Crippen LogP contribution in [-0.4, -0.2) is 98.8 Å². The lowest BCUT2D eigenvalue weighted by molar-refractivity contribution is -0.193. The van der Waals surface area contributed by atoms with Crippen molar-refractivity contribution in [2.45, 2.75) is 32.0 Å². The van der Waals surface area contributed by atoms with Crippen molar-refractivity contribution in [2.24, 2.45) is 5.92 Å². The van der Waals surface area contributed by atoms with Crippen molar-refractivity contribution in [3.05, 3.63) is 48.0 Å². The van der Waals surface area contributed by atoms with Gasteiger partial charge in [0, 0.05) is 58.6 Å². The second kappa shape index (κ2) is 15.0. The molecule has 39 heavy (non-hydrogen) atoms. The largest absolute Gasteiger partial charge is 0.490 e. The Kier molecular flexibility index (Phi) is 12.8. The molecule has 1 amide bonds. The van der Waals surface area contributed by atoms with E-state index < -0.39 is 24.3 Å². The van der Waals surface area contributed by atoms with Crippen LogP contribution >= 0.6 is 0 Å². The van der Waals surface area contributed by atoms with Gasteiger partial charge >= 0.3 is 24.3 Å². The summed E-state index contributed by atoms with van der Waals surface area (Å²) in [5.74, 6) is -5.25. The topological polar surface area (TPSA) is 138 Å². The van der Waals surface area contributed by atoms with Crippen LogP contribution in [0.3, 0.4) is 0 Å². The molecule has 0 spiro atoms. The number of fused-ring (bicyclic) bond motifs is 1. The van der Waals surface area contributed by atoms with Gasteiger partial charge in [0.15, 0.2) is 0 Å². The Morgan fingerprint density at radius 2 is 1.59 bits per heavy atom. The maximum absolute atomic E-state index is 11.7. The number of nitrogens with zero attached hydrogens (tertiary/aromatic N) is 5. The second-order valence-electron chi connectivity index (χ2n) is 8.27. The number of ether oxygens (including phenoxy) is 1. The summed E-state index contributed by atoms with van der Waals surface area (Å²) in [6.45, 7) is 3.98. The highest BCUT2D eigenvalue weighted by atomic mass is 19.4. The van der Waals surface area contributed by atoms with Crippen LogP contribution in [0.25, 0.3) is 0 Å². The fraction of sp³-hybridized carbons (Fsp3) is 0.500. The molecule has 1 atom stereocenters. The first-order valence-corrected chi connectivity index (χ1v) is 11.0. The summed E-state index contributed by atoms with van der Waals surface area (Å²) >= 11 is 0. The van der Waals surface area contributed by atoms with Crippen molar-refractivity contribution in [2.75, 3.05) is 33.9 Å². The zero-order valence-corrected chi connectivity index (χ0v) is 20.8. The molecule has 2 aromatic rings. The molecule has 2 aromatic heterocycles. The first-order valence-electron chi connectivity index (χ1n) is 11.0. The summed E-state index contributed by atoms with van der Waals surface area (Å²) in [4.78, 5) is 37.8. The van der Waals surface area contributed by atoms with Crippen molar-refractivity contribution in [3.8, 4) is 0 Å². The Morgan fingerprint density at radius 3 is 2.08 bits per heavy atom. The molecule has 0 aliphatic carbocycles. The number of aromatic nitrogens is 3. The number of pyridine rings is 1. The predicted octanol–water partition coefficient (Wildman–Crippen LogP) is 2.28. The van der Waals surface area contributed by atoms with Crippen LogP contribution in [0.1, 0.15) is 11.4 Å². The van der Waals surface area contributed by atoms with Gasteiger partial charge in [-0.3, -0.25) is 19.4 Å². The maximum Gasteiger partial charge on any atom is 0.490 e. The minimum atomic E-state index is -5.08. The fourth-order valence-electron chi connectivity index (χ4n) is 3.01. The molecule has 0 saturated carbocycles. The molecule has 1 unspecified atom stereocenters. The van der Waals surface area contributed by atoms with Crippen LogP contribution in [0.5, 0.6) is 0 Å². The highest BCUT2D eigenvalue weighted by Gasteiger charge is 2.38. The molecule has 17 heteroatoms. The molecule has 0 bridgehead atoms. The normalized spacial score (nSPS) is 15.4. The summed E-state index contributed by atoms with van der Waals surface area (Å²) in [6, 6.07) is 8.05. The quantitative estimate of drug-likeness (QED) is 0.500. The minimum Gasteiger partial charge on any atom is -0.475 e. The highest BCUT2D eigenvalue weighted by Crippen LogP contribution is 2.18. The smallest absolute Gasteiger partial charge is 0.475 e. The van der Waals surface area contributed by atoms with Crippen molar-refractivity contribution < 1.29 is 55.7 Å². The van der Waals surface area contributed by atoms with Crippen molar-refractivity contribution in [3.63, 3.8) is 0 Å². The number of amides is 1. The van der Waals surface area contributed by atoms with Gasteiger partial charge in [-0.2, -0.15) is 31.4 Å². The molecular weight excluding hydrogens is 544 g/mol. The van der Waals surface area contributed by atoms with Gasteiger partial charge in [0.2, 0.25) is 5.91 Å². The van der Waals surface area contributed by atoms with E-state index in [2.05, 4.69) is 21.0 Å². The Bertz CT molecular complexity index is 1040. The summed E-state index contributed by atoms with van der Waals surface area (Å²) in [5, 5.41) is 18.7. The lowest BCUT2D eigenvalue weighted by Crippen LogP contribution is -2.32. The van der Waals surface area contributed by atoms with E-state index in [0.717, 1.165) is 31.9 Å². The van der Waals surface area contributed by atoms with Gasteiger partial charge in [0.1, 0.15) is 6.61 Å². The molecule has 1 aliphatic heterocycles. The average Bonchev–Trinajstić information content (AvgIpc) is 3.18. The molecule has 0 saturated heterocycles. The third kappa shape index (κ3) is 13.1. The van der Waals surface area contributed by atoms with Crippen LogP contribution < -0.4 is 0 Å².